The highest BCUT2D eigenvalue weighted by molar-refractivity contribution is 6.32. The van der Waals surface area contributed by atoms with E-state index < -0.39 is 0 Å². The van der Waals surface area contributed by atoms with Crippen LogP contribution in [0.3, 0.4) is 0 Å². The van der Waals surface area contributed by atoms with Crippen LogP contribution in [0.4, 0.5) is 0 Å². The van der Waals surface area contributed by atoms with Crippen molar-refractivity contribution in [3.05, 3.63) is 41.3 Å². The number of hydrogen-bond donors (Lipinski definition) is 0. The van der Waals surface area contributed by atoms with E-state index >= 15 is 0 Å². The number of halogens is 1. The molecule has 19 heavy (non-hydrogen) atoms. The molecule has 3 aromatic rings. The Morgan fingerprint density at radius 3 is 2.79 bits per heavy atom. The second kappa shape index (κ2) is 4.51. The average Bonchev–Trinajstić information content (AvgIpc) is 2.75. The van der Waals surface area contributed by atoms with Gasteiger partial charge >= 0.3 is 6.01 Å². The molecule has 3 rings (SSSR count). The summed E-state index contributed by atoms with van der Waals surface area (Å²) in [6.07, 6.45) is 1.52. The summed E-state index contributed by atoms with van der Waals surface area (Å²) in [5, 5.41) is 0.451. The Labute approximate surface area is 114 Å². The Kier molecular flexibility index (Phi) is 2.83. The molecular formula is C13H11ClN4O. The van der Waals surface area contributed by atoms with E-state index in [1.54, 1.807) is 0 Å². The van der Waals surface area contributed by atoms with Crippen molar-refractivity contribution in [2.75, 3.05) is 7.11 Å². The highest BCUT2D eigenvalue weighted by atomic mass is 35.5. The highest BCUT2D eigenvalue weighted by Gasteiger charge is 2.14. The fourth-order valence-electron chi connectivity index (χ4n) is 2.01. The van der Waals surface area contributed by atoms with Crippen LogP contribution in [0.5, 0.6) is 6.01 Å². The zero-order valence-electron chi connectivity index (χ0n) is 10.5. The van der Waals surface area contributed by atoms with Gasteiger partial charge in [0, 0.05) is 0 Å². The molecule has 0 unspecified atom stereocenters. The second-order valence-corrected chi connectivity index (χ2v) is 4.42. The molecule has 1 aromatic carbocycles. The molecule has 0 atom stereocenters. The molecule has 2 heterocycles. The zero-order valence-corrected chi connectivity index (χ0v) is 11.2. The van der Waals surface area contributed by atoms with Crippen molar-refractivity contribution in [1.29, 1.82) is 0 Å². The lowest BCUT2D eigenvalue weighted by Crippen LogP contribution is -2.03. The van der Waals surface area contributed by atoms with Gasteiger partial charge in [-0.05, 0) is 19.1 Å². The standard InChI is InChI=1S/C13H11ClN4O/c1-8-16-10-5-3-4-6-11(10)18(8)12-9(14)7-15-13(17-12)19-2/h3-7H,1-2H3. The molecule has 0 aliphatic rings. The average molecular weight is 275 g/mol. The van der Waals surface area contributed by atoms with Crippen molar-refractivity contribution in [3.8, 4) is 11.8 Å². The lowest BCUT2D eigenvalue weighted by Gasteiger charge is -2.08. The lowest BCUT2D eigenvalue weighted by molar-refractivity contribution is 0.379. The summed E-state index contributed by atoms with van der Waals surface area (Å²) in [4.78, 5) is 12.8. The van der Waals surface area contributed by atoms with Crippen LogP contribution in [0.1, 0.15) is 5.82 Å². The van der Waals surface area contributed by atoms with Crippen LogP contribution in [-0.2, 0) is 0 Å². The summed E-state index contributed by atoms with van der Waals surface area (Å²) in [6, 6.07) is 8.09. The number of ether oxygens (including phenoxy) is 1. The molecule has 0 radical (unpaired) electrons. The molecule has 6 heteroatoms. The monoisotopic (exact) mass is 274 g/mol. The summed E-state index contributed by atoms with van der Waals surface area (Å²) in [6.45, 7) is 1.91. The minimum absolute atomic E-state index is 0.275. The molecule has 5 nitrogen and oxygen atoms in total. The van der Waals surface area contributed by atoms with E-state index in [0.29, 0.717) is 10.8 Å². The number of methoxy groups -OCH3 is 1. The summed E-state index contributed by atoms with van der Waals surface area (Å²) in [5.41, 5.74) is 1.84. The number of fused-ring (bicyclic) bond motifs is 1. The molecule has 0 N–H and O–H groups in total. The van der Waals surface area contributed by atoms with Crippen molar-refractivity contribution < 1.29 is 4.74 Å². The lowest BCUT2D eigenvalue weighted by atomic mass is 10.3. The number of para-hydroxylation sites is 2. The van der Waals surface area contributed by atoms with Gasteiger partial charge in [0.05, 0.1) is 24.3 Å². The van der Waals surface area contributed by atoms with Crippen LogP contribution < -0.4 is 4.74 Å². The van der Waals surface area contributed by atoms with E-state index in [1.807, 2.05) is 35.8 Å². The SMILES string of the molecule is COc1ncc(Cl)c(-n2c(C)nc3ccccc32)n1. The maximum Gasteiger partial charge on any atom is 0.318 e. The predicted octanol–water partition coefficient (Wildman–Crippen LogP) is 2.79. The van der Waals surface area contributed by atoms with Crippen LogP contribution in [0, 0.1) is 6.92 Å². The van der Waals surface area contributed by atoms with Crippen LogP contribution in [-0.4, -0.2) is 26.6 Å². The molecule has 0 saturated carbocycles. The van der Waals surface area contributed by atoms with Crippen molar-refractivity contribution in [3.63, 3.8) is 0 Å². The van der Waals surface area contributed by atoms with Crippen molar-refractivity contribution in [1.82, 2.24) is 19.5 Å². The second-order valence-electron chi connectivity index (χ2n) is 4.01. The number of nitrogens with zero attached hydrogens (tertiary/aromatic N) is 4. The molecule has 2 aromatic heterocycles. The molecule has 0 amide bonds. The van der Waals surface area contributed by atoms with Gasteiger partial charge in [0.15, 0.2) is 5.82 Å². The maximum absolute atomic E-state index is 6.19. The summed E-state index contributed by atoms with van der Waals surface area (Å²) in [7, 11) is 1.52. The van der Waals surface area contributed by atoms with E-state index in [2.05, 4.69) is 15.0 Å². The third kappa shape index (κ3) is 1.92. The number of hydrogen-bond acceptors (Lipinski definition) is 4. The first-order valence-electron chi connectivity index (χ1n) is 5.71. The van der Waals surface area contributed by atoms with Crippen molar-refractivity contribution >= 4 is 22.6 Å². The number of rotatable bonds is 2. The maximum atomic E-state index is 6.19. The van der Waals surface area contributed by atoms with E-state index in [9.17, 15) is 0 Å². The van der Waals surface area contributed by atoms with E-state index in [-0.39, 0.29) is 6.01 Å². The van der Waals surface area contributed by atoms with E-state index in [0.717, 1.165) is 16.9 Å². The van der Waals surface area contributed by atoms with E-state index in [4.69, 9.17) is 16.3 Å². The quantitative estimate of drug-likeness (QED) is 0.721. The topological polar surface area (TPSA) is 52.8 Å². The summed E-state index contributed by atoms with van der Waals surface area (Å²) >= 11 is 6.19. The Bertz CT molecular complexity index is 753. The van der Waals surface area contributed by atoms with Gasteiger partial charge < -0.3 is 4.74 Å². The third-order valence-electron chi connectivity index (χ3n) is 2.83. The summed E-state index contributed by atoms with van der Waals surface area (Å²) in [5.74, 6) is 1.38. The third-order valence-corrected chi connectivity index (χ3v) is 3.09. The van der Waals surface area contributed by atoms with Gasteiger partial charge in [-0.3, -0.25) is 4.57 Å². The van der Waals surface area contributed by atoms with Gasteiger partial charge in [-0.25, -0.2) is 9.97 Å². The molecule has 0 aliphatic heterocycles. The molecular weight excluding hydrogens is 264 g/mol. The Balaban J connectivity index is 2.32. The molecule has 0 aliphatic carbocycles. The number of benzene rings is 1. The van der Waals surface area contributed by atoms with Gasteiger partial charge in [0.1, 0.15) is 10.8 Å². The first-order valence-corrected chi connectivity index (χ1v) is 6.09. The van der Waals surface area contributed by atoms with Crippen molar-refractivity contribution in [2.45, 2.75) is 6.92 Å². The minimum Gasteiger partial charge on any atom is -0.467 e. The van der Waals surface area contributed by atoms with E-state index in [1.165, 1.54) is 13.3 Å². The Hall–Kier alpha value is -2.14. The van der Waals surface area contributed by atoms with Crippen LogP contribution >= 0.6 is 11.6 Å². The van der Waals surface area contributed by atoms with Crippen LogP contribution in [0.2, 0.25) is 5.02 Å². The van der Waals surface area contributed by atoms with Gasteiger partial charge in [0.25, 0.3) is 0 Å². The number of imidazole rings is 1. The van der Waals surface area contributed by atoms with Gasteiger partial charge in [-0.2, -0.15) is 4.98 Å². The van der Waals surface area contributed by atoms with Crippen LogP contribution in [0.15, 0.2) is 30.5 Å². The Morgan fingerprint density at radius 1 is 1.21 bits per heavy atom. The number of aromatic nitrogens is 4. The van der Waals surface area contributed by atoms with Crippen molar-refractivity contribution in [2.24, 2.45) is 0 Å². The molecule has 0 saturated heterocycles. The fraction of sp³-hybridized carbons (Fsp3) is 0.154. The summed E-state index contributed by atoms with van der Waals surface area (Å²) < 4.78 is 6.94. The first-order chi connectivity index (χ1) is 9.20. The smallest absolute Gasteiger partial charge is 0.318 e. The molecule has 0 bridgehead atoms. The van der Waals surface area contributed by atoms with Gasteiger partial charge in [-0.15, -0.1) is 0 Å². The normalized spacial score (nSPS) is 10.9. The first kappa shape index (κ1) is 11.9. The zero-order chi connectivity index (χ0) is 13.4. The Morgan fingerprint density at radius 2 is 2.00 bits per heavy atom. The molecule has 0 spiro atoms. The largest absolute Gasteiger partial charge is 0.467 e. The fourth-order valence-corrected chi connectivity index (χ4v) is 2.19. The van der Waals surface area contributed by atoms with Crippen LogP contribution in [0.25, 0.3) is 16.9 Å². The van der Waals surface area contributed by atoms with Gasteiger partial charge in [-0.1, -0.05) is 23.7 Å². The predicted molar refractivity (Wildman–Crippen MR) is 73.0 cm³/mol. The number of aryl methyl sites for hydroxylation is 1. The molecule has 96 valence electrons. The highest BCUT2D eigenvalue weighted by Crippen LogP contribution is 2.25. The molecule has 0 fully saturated rings. The van der Waals surface area contributed by atoms with Gasteiger partial charge in [0.2, 0.25) is 0 Å². The minimum atomic E-state index is 0.275.